The number of likely N-dealkylation sites (N-methyl/N-ethyl adjacent to an activating group) is 1. The van der Waals surface area contributed by atoms with Crippen molar-refractivity contribution >= 4 is 23.0 Å². The minimum atomic E-state index is -0.0409. The van der Waals surface area contributed by atoms with Gasteiger partial charge in [-0.3, -0.25) is 4.79 Å². The van der Waals surface area contributed by atoms with Crippen LogP contribution in [0.5, 0.6) is 0 Å². The van der Waals surface area contributed by atoms with Gasteiger partial charge in [0.2, 0.25) is 0 Å². The maximum absolute atomic E-state index is 12.1. The van der Waals surface area contributed by atoms with Crippen LogP contribution in [-0.2, 0) is 0 Å². The molecule has 2 N–H and O–H groups in total. The van der Waals surface area contributed by atoms with Gasteiger partial charge in [-0.05, 0) is 24.3 Å². The molecule has 20 heavy (non-hydrogen) atoms. The molecule has 102 valence electrons. The standard InChI is InChI=1S/C14H15N5O/c1-19-7-6-15-14(20)12-8-10(2-3-13(12)19)18-11-4-5-16-17-9-11/h2-5,8-9H,6-7H2,1H3,(H,15,20)(H,16,18). The average molecular weight is 269 g/mol. The molecule has 0 fully saturated rings. The first-order valence-electron chi connectivity index (χ1n) is 6.41. The van der Waals surface area contributed by atoms with Crippen molar-refractivity contribution in [2.24, 2.45) is 0 Å². The fraction of sp³-hybridized carbons (Fsp3) is 0.214. The molecule has 2 aromatic rings. The summed E-state index contributed by atoms with van der Waals surface area (Å²) in [5.74, 6) is -0.0409. The number of amides is 1. The zero-order chi connectivity index (χ0) is 13.9. The zero-order valence-electron chi connectivity index (χ0n) is 11.1. The van der Waals surface area contributed by atoms with Gasteiger partial charge in [0.25, 0.3) is 5.91 Å². The van der Waals surface area contributed by atoms with Crippen molar-refractivity contribution in [2.75, 3.05) is 30.4 Å². The molecule has 0 aliphatic carbocycles. The van der Waals surface area contributed by atoms with Crippen LogP contribution in [0.25, 0.3) is 0 Å². The Hall–Kier alpha value is -2.63. The quantitative estimate of drug-likeness (QED) is 0.862. The Balaban J connectivity index is 1.94. The van der Waals surface area contributed by atoms with E-state index in [0.29, 0.717) is 12.1 Å². The minimum Gasteiger partial charge on any atom is -0.372 e. The number of benzene rings is 1. The largest absolute Gasteiger partial charge is 0.372 e. The van der Waals surface area contributed by atoms with E-state index in [2.05, 4.69) is 25.7 Å². The summed E-state index contributed by atoms with van der Waals surface area (Å²) in [6.45, 7) is 1.46. The molecule has 0 saturated heterocycles. The van der Waals surface area contributed by atoms with Crippen molar-refractivity contribution in [3.63, 3.8) is 0 Å². The van der Waals surface area contributed by atoms with Crippen molar-refractivity contribution in [2.45, 2.75) is 0 Å². The lowest BCUT2D eigenvalue weighted by atomic mass is 10.1. The first kappa shape index (κ1) is 12.4. The number of nitrogens with one attached hydrogen (secondary N) is 2. The third kappa shape index (κ3) is 2.40. The molecule has 0 saturated carbocycles. The molecule has 2 heterocycles. The van der Waals surface area contributed by atoms with Crippen LogP contribution in [0.2, 0.25) is 0 Å². The second-order valence-corrected chi connectivity index (χ2v) is 4.67. The van der Waals surface area contributed by atoms with Crippen LogP contribution in [0, 0.1) is 0 Å². The van der Waals surface area contributed by atoms with E-state index >= 15 is 0 Å². The lowest BCUT2D eigenvalue weighted by Gasteiger charge is -2.18. The zero-order valence-corrected chi connectivity index (χ0v) is 11.1. The van der Waals surface area contributed by atoms with Gasteiger partial charge in [-0.2, -0.15) is 10.2 Å². The molecule has 6 heteroatoms. The Bertz CT molecular complexity index is 629. The number of anilines is 3. The van der Waals surface area contributed by atoms with E-state index in [4.69, 9.17) is 0 Å². The van der Waals surface area contributed by atoms with Gasteiger partial charge in [0.1, 0.15) is 0 Å². The van der Waals surface area contributed by atoms with Crippen molar-refractivity contribution in [3.05, 3.63) is 42.2 Å². The van der Waals surface area contributed by atoms with E-state index in [1.165, 1.54) is 0 Å². The Kier molecular flexibility index (Phi) is 3.20. The van der Waals surface area contributed by atoms with Crippen LogP contribution in [0.4, 0.5) is 17.1 Å². The number of nitrogens with zero attached hydrogens (tertiary/aromatic N) is 3. The smallest absolute Gasteiger partial charge is 0.253 e. The van der Waals surface area contributed by atoms with Crippen LogP contribution in [0.15, 0.2) is 36.7 Å². The maximum Gasteiger partial charge on any atom is 0.253 e. The number of aromatic nitrogens is 2. The summed E-state index contributed by atoms with van der Waals surface area (Å²) in [5, 5.41) is 13.6. The lowest BCUT2D eigenvalue weighted by molar-refractivity contribution is 0.0958. The molecule has 0 atom stereocenters. The fourth-order valence-electron chi connectivity index (χ4n) is 2.21. The van der Waals surface area contributed by atoms with Gasteiger partial charge >= 0.3 is 0 Å². The minimum absolute atomic E-state index is 0.0409. The van der Waals surface area contributed by atoms with Gasteiger partial charge in [-0.1, -0.05) is 0 Å². The second-order valence-electron chi connectivity index (χ2n) is 4.67. The third-order valence-corrected chi connectivity index (χ3v) is 3.26. The Labute approximate surface area is 116 Å². The highest BCUT2D eigenvalue weighted by molar-refractivity contribution is 6.01. The highest BCUT2D eigenvalue weighted by Crippen LogP contribution is 2.26. The van der Waals surface area contributed by atoms with Crippen LogP contribution >= 0.6 is 0 Å². The number of hydrogen-bond donors (Lipinski definition) is 2. The first-order valence-corrected chi connectivity index (χ1v) is 6.41. The van der Waals surface area contributed by atoms with Gasteiger partial charge in [-0.25, -0.2) is 0 Å². The highest BCUT2D eigenvalue weighted by Gasteiger charge is 2.18. The predicted octanol–water partition coefficient (Wildman–Crippen LogP) is 1.40. The first-order chi connectivity index (χ1) is 9.74. The number of fused-ring (bicyclic) bond motifs is 1. The van der Waals surface area contributed by atoms with Crippen molar-refractivity contribution in [3.8, 4) is 0 Å². The number of carbonyl (C=O) groups excluding carboxylic acids is 1. The number of rotatable bonds is 2. The molecule has 0 radical (unpaired) electrons. The predicted molar refractivity (Wildman–Crippen MR) is 77.4 cm³/mol. The molecule has 1 aliphatic heterocycles. The van der Waals surface area contributed by atoms with Crippen molar-refractivity contribution in [1.82, 2.24) is 15.5 Å². The van der Waals surface area contributed by atoms with Gasteiger partial charge in [0, 0.05) is 31.5 Å². The van der Waals surface area contributed by atoms with Crippen LogP contribution in [0.1, 0.15) is 10.4 Å². The molecule has 6 nitrogen and oxygen atoms in total. The van der Waals surface area contributed by atoms with Crippen LogP contribution in [0.3, 0.4) is 0 Å². The van der Waals surface area contributed by atoms with E-state index in [-0.39, 0.29) is 5.91 Å². The summed E-state index contributed by atoms with van der Waals surface area (Å²) >= 11 is 0. The van der Waals surface area contributed by atoms with Crippen molar-refractivity contribution < 1.29 is 4.79 Å². The topological polar surface area (TPSA) is 70.2 Å². The normalized spacial score (nSPS) is 14.2. The molecule has 1 aliphatic rings. The summed E-state index contributed by atoms with van der Waals surface area (Å²) in [5.41, 5.74) is 3.31. The lowest BCUT2D eigenvalue weighted by Crippen LogP contribution is -2.27. The van der Waals surface area contributed by atoms with Gasteiger partial charge < -0.3 is 15.5 Å². The van der Waals surface area contributed by atoms with Gasteiger partial charge in [0.15, 0.2) is 0 Å². The maximum atomic E-state index is 12.1. The average Bonchev–Trinajstić information content (AvgIpc) is 2.60. The number of carbonyl (C=O) groups is 1. The molecular weight excluding hydrogens is 254 g/mol. The van der Waals surface area contributed by atoms with E-state index in [1.807, 2.05) is 31.3 Å². The van der Waals surface area contributed by atoms with Gasteiger partial charge in [0.05, 0.1) is 23.6 Å². The van der Waals surface area contributed by atoms with Crippen LogP contribution < -0.4 is 15.5 Å². The van der Waals surface area contributed by atoms with E-state index in [0.717, 1.165) is 23.6 Å². The molecule has 1 aromatic heterocycles. The Morgan fingerprint density at radius 1 is 1.25 bits per heavy atom. The monoisotopic (exact) mass is 269 g/mol. The molecule has 0 spiro atoms. The Morgan fingerprint density at radius 3 is 2.95 bits per heavy atom. The summed E-state index contributed by atoms with van der Waals surface area (Å²) < 4.78 is 0. The molecule has 1 amide bonds. The van der Waals surface area contributed by atoms with E-state index in [9.17, 15) is 4.79 Å². The number of hydrogen-bond acceptors (Lipinski definition) is 5. The SMILES string of the molecule is CN1CCNC(=O)c2cc(Nc3ccnnc3)ccc21. The van der Waals surface area contributed by atoms with Gasteiger partial charge in [-0.15, -0.1) is 0 Å². The summed E-state index contributed by atoms with van der Waals surface area (Å²) in [7, 11) is 1.99. The van der Waals surface area contributed by atoms with E-state index in [1.54, 1.807) is 12.4 Å². The van der Waals surface area contributed by atoms with Crippen molar-refractivity contribution in [1.29, 1.82) is 0 Å². The van der Waals surface area contributed by atoms with Crippen LogP contribution in [-0.4, -0.2) is 36.2 Å². The molecule has 1 aromatic carbocycles. The van der Waals surface area contributed by atoms with E-state index < -0.39 is 0 Å². The summed E-state index contributed by atoms with van der Waals surface area (Å²) in [6, 6.07) is 7.59. The summed E-state index contributed by atoms with van der Waals surface area (Å²) in [6.07, 6.45) is 3.25. The molecule has 3 rings (SSSR count). The second kappa shape index (κ2) is 5.16. The highest BCUT2D eigenvalue weighted by atomic mass is 16.1. The summed E-state index contributed by atoms with van der Waals surface area (Å²) in [4.78, 5) is 14.1. The molecule has 0 unspecified atom stereocenters. The fourth-order valence-corrected chi connectivity index (χ4v) is 2.21. The third-order valence-electron chi connectivity index (χ3n) is 3.26. The molecular formula is C14H15N5O. The molecule has 0 bridgehead atoms. The Morgan fingerprint density at radius 2 is 2.15 bits per heavy atom.